The average Bonchev–Trinajstić information content (AvgIpc) is 3.24. The second-order valence-corrected chi connectivity index (χ2v) is 7.58. The van der Waals surface area contributed by atoms with Crippen molar-refractivity contribution < 1.29 is 14.4 Å². The molecule has 144 valence electrons. The maximum absolute atomic E-state index is 12.1. The van der Waals surface area contributed by atoms with Gasteiger partial charge in [0, 0.05) is 10.8 Å². The summed E-state index contributed by atoms with van der Waals surface area (Å²) in [5.41, 5.74) is 7.10. The van der Waals surface area contributed by atoms with Gasteiger partial charge in [0.2, 0.25) is 17.7 Å². The minimum Gasteiger partial charge on any atom is -0.369 e. The monoisotopic (exact) mass is 415 g/mol. The summed E-state index contributed by atoms with van der Waals surface area (Å²) in [4.78, 5) is 43.5. The molecule has 0 radical (unpaired) electrons. The number of nitrogens with zero attached hydrogens (tertiary/aromatic N) is 2. The van der Waals surface area contributed by atoms with E-state index in [1.807, 2.05) is 30.3 Å². The zero-order valence-electron chi connectivity index (χ0n) is 14.7. The summed E-state index contributed by atoms with van der Waals surface area (Å²) in [5, 5.41) is 9.63. The van der Waals surface area contributed by atoms with Crippen molar-refractivity contribution in [1.29, 1.82) is 0 Å². The van der Waals surface area contributed by atoms with Gasteiger partial charge in [0.25, 0.3) is 0 Å². The molecule has 10 heteroatoms. The minimum atomic E-state index is -0.479. The Kier molecular flexibility index (Phi) is 6.45. The Balaban J connectivity index is 1.49. The molecule has 8 nitrogen and oxygen atoms in total. The number of nitrogens with one attached hydrogen (secondary N) is 2. The lowest BCUT2D eigenvalue weighted by atomic mass is 10.1. The second kappa shape index (κ2) is 9.20. The standard InChI is InChI=1S/C18H17N5O3S2/c19-14(24)7-12-9-27-17(20-12)23-16(26)8-13-10-28-18(21-13)22-15(25)6-11-4-2-1-3-5-11/h1-5,9-10H,6-8H2,(H2,19,24)(H,20,23,26)(H,21,22,25). The van der Waals surface area contributed by atoms with E-state index in [1.165, 1.54) is 22.7 Å². The van der Waals surface area contributed by atoms with Crippen LogP contribution in [0.15, 0.2) is 41.1 Å². The van der Waals surface area contributed by atoms with Crippen LogP contribution < -0.4 is 16.4 Å². The van der Waals surface area contributed by atoms with Gasteiger partial charge in [-0.1, -0.05) is 30.3 Å². The molecule has 0 saturated heterocycles. The number of rotatable bonds is 8. The van der Waals surface area contributed by atoms with Crippen LogP contribution in [0.3, 0.4) is 0 Å². The molecule has 4 N–H and O–H groups in total. The van der Waals surface area contributed by atoms with Crippen LogP contribution in [0.25, 0.3) is 0 Å². The van der Waals surface area contributed by atoms with Gasteiger partial charge in [-0.05, 0) is 5.56 Å². The van der Waals surface area contributed by atoms with Crippen LogP contribution >= 0.6 is 22.7 Å². The zero-order chi connectivity index (χ0) is 19.9. The first-order chi connectivity index (χ1) is 13.5. The van der Waals surface area contributed by atoms with Gasteiger partial charge in [-0.15, -0.1) is 22.7 Å². The Bertz CT molecular complexity index is 984. The molecule has 2 aromatic heterocycles. The first-order valence-corrected chi connectivity index (χ1v) is 10.0. The van der Waals surface area contributed by atoms with Gasteiger partial charge < -0.3 is 16.4 Å². The van der Waals surface area contributed by atoms with Crippen molar-refractivity contribution in [2.45, 2.75) is 19.3 Å². The molecule has 3 rings (SSSR count). The van der Waals surface area contributed by atoms with Gasteiger partial charge in [0.05, 0.1) is 30.7 Å². The number of carbonyl (C=O) groups is 3. The van der Waals surface area contributed by atoms with Crippen LogP contribution in [0, 0.1) is 0 Å². The molecule has 3 aromatic rings. The van der Waals surface area contributed by atoms with Crippen molar-refractivity contribution in [2.24, 2.45) is 5.73 Å². The van der Waals surface area contributed by atoms with Crippen molar-refractivity contribution in [1.82, 2.24) is 9.97 Å². The predicted molar refractivity (Wildman–Crippen MR) is 108 cm³/mol. The van der Waals surface area contributed by atoms with Crippen LogP contribution in [0.4, 0.5) is 10.3 Å². The van der Waals surface area contributed by atoms with E-state index in [9.17, 15) is 14.4 Å². The smallest absolute Gasteiger partial charge is 0.232 e. The number of hydrogen-bond acceptors (Lipinski definition) is 7. The summed E-state index contributed by atoms with van der Waals surface area (Å²) >= 11 is 2.48. The van der Waals surface area contributed by atoms with E-state index in [1.54, 1.807) is 10.8 Å². The molecule has 3 amide bonds. The summed E-state index contributed by atoms with van der Waals surface area (Å²) in [6.07, 6.45) is 0.341. The molecule has 0 bridgehead atoms. The number of nitrogens with two attached hydrogens (primary N) is 1. The van der Waals surface area contributed by atoms with Gasteiger partial charge in [-0.3, -0.25) is 14.4 Å². The maximum Gasteiger partial charge on any atom is 0.232 e. The molecule has 0 atom stereocenters. The largest absolute Gasteiger partial charge is 0.369 e. The van der Waals surface area contributed by atoms with Crippen molar-refractivity contribution in [2.75, 3.05) is 10.6 Å². The lowest BCUT2D eigenvalue weighted by Crippen LogP contribution is -2.16. The van der Waals surface area contributed by atoms with E-state index >= 15 is 0 Å². The van der Waals surface area contributed by atoms with Gasteiger partial charge >= 0.3 is 0 Å². The molecular weight excluding hydrogens is 398 g/mol. The van der Waals surface area contributed by atoms with E-state index < -0.39 is 5.91 Å². The van der Waals surface area contributed by atoms with Crippen molar-refractivity contribution in [3.63, 3.8) is 0 Å². The molecule has 0 aliphatic rings. The van der Waals surface area contributed by atoms with Crippen LogP contribution in [0.1, 0.15) is 17.0 Å². The number of thiazole rings is 2. The topological polar surface area (TPSA) is 127 Å². The Labute approximate surface area is 168 Å². The van der Waals surface area contributed by atoms with Gasteiger partial charge in [0.1, 0.15) is 0 Å². The second-order valence-electron chi connectivity index (χ2n) is 5.87. The fourth-order valence-corrected chi connectivity index (χ4v) is 3.80. The van der Waals surface area contributed by atoms with E-state index in [0.717, 1.165) is 5.56 Å². The number of primary amides is 1. The number of anilines is 2. The van der Waals surface area contributed by atoms with Gasteiger partial charge in [-0.2, -0.15) is 0 Å². The summed E-state index contributed by atoms with van der Waals surface area (Å²) in [7, 11) is 0. The Morgan fingerprint density at radius 3 is 1.93 bits per heavy atom. The predicted octanol–water partition coefficient (Wildman–Crippen LogP) is 1.99. The molecule has 2 heterocycles. The van der Waals surface area contributed by atoms with E-state index in [4.69, 9.17) is 5.73 Å². The zero-order valence-corrected chi connectivity index (χ0v) is 16.3. The third-order valence-corrected chi connectivity index (χ3v) is 5.11. The lowest BCUT2D eigenvalue weighted by molar-refractivity contribution is -0.117. The Hall–Kier alpha value is -3.11. The Morgan fingerprint density at radius 2 is 1.36 bits per heavy atom. The van der Waals surface area contributed by atoms with Crippen molar-refractivity contribution in [3.05, 3.63) is 58.0 Å². The number of carbonyl (C=O) groups excluding carboxylic acids is 3. The highest BCUT2D eigenvalue weighted by Gasteiger charge is 2.12. The molecule has 0 spiro atoms. The fraction of sp³-hybridized carbons (Fsp3) is 0.167. The highest BCUT2D eigenvalue weighted by atomic mass is 32.1. The SMILES string of the molecule is NC(=O)Cc1csc(NC(=O)Cc2csc(NC(=O)Cc3ccccc3)n2)n1. The summed E-state index contributed by atoms with van der Waals surface area (Å²) < 4.78 is 0. The molecule has 0 saturated carbocycles. The molecular formula is C18H17N5O3S2. The van der Waals surface area contributed by atoms with E-state index in [2.05, 4.69) is 20.6 Å². The molecule has 0 aliphatic heterocycles. The summed E-state index contributed by atoms with van der Waals surface area (Å²) in [5.74, 6) is -0.929. The molecule has 1 aromatic carbocycles. The van der Waals surface area contributed by atoms with Gasteiger partial charge in [-0.25, -0.2) is 9.97 Å². The number of hydrogen-bond donors (Lipinski definition) is 3. The third kappa shape index (κ3) is 5.96. The average molecular weight is 416 g/mol. The van der Waals surface area contributed by atoms with Crippen LogP contribution in [0.5, 0.6) is 0 Å². The van der Waals surface area contributed by atoms with Crippen LogP contribution in [-0.4, -0.2) is 27.7 Å². The van der Waals surface area contributed by atoms with Gasteiger partial charge in [0.15, 0.2) is 10.3 Å². The molecule has 28 heavy (non-hydrogen) atoms. The number of amides is 3. The minimum absolute atomic E-state index is 0.0322. The number of aromatic nitrogens is 2. The van der Waals surface area contributed by atoms with E-state index in [-0.39, 0.29) is 31.1 Å². The van der Waals surface area contributed by atoms with Crippen LogP contribution in [-0.2, 0) is 33.6 Å². The van der Waals surface area contributed by atoms with Crippen LogP contribution in [0.2, 0.25) is 0 Å². The number of benzene rings is 1. The lowest BCUT2D eigenvalue weighted by Gasteiger charge is -2.02. The quantitative estimate of drug-likeness (QED) is 0.518. The molecule has 0 aliphatic carbocycles. The highest BCUT2D eigenvalue weighted by molar-refractivity contribution is 7.14. The maximum atomic E-state index is 12.1. The fourth-order valence-electron chi connectivity index (χ4n) is 2.34. The summed E-state index contributed by atoms with van der Waals surface area (Å²) in [6.45, 7) is 0. The highest BCUT2D eigenvalue weighted by Crippen LogP contribution is 2.18. The van der Waals surface area contributed by atoms with Crippen molar-refractivity contribution >= 4 is 50.7 Å². The Morgan fingerprint density at radius 1 is 0.821 bits per heavy atom. The third-order valence-electron chi connectivity index (χ3n) is 3.50. The van der Waals surface area contributed by atoms with Crippen molar-refractivity contribution in [3.8, 4) is 0 Å². The normalized spacial score (nSPS) is 10.4. The first kappa shape index (κ1) is 19.6. The molecule has 0 fully saturated rings. The first-order valence-electron chi connectivity index (χ1n) is 8.28. The molecule has 0 unspecified atom stereocenters. The van der Waals surface area contributed by atoms with E-state index in [0.29, 0.717) is 21.7 Å². The summed E-state index contributed by atoms with van der Waals surface area (Å²) in [6, 6.07) is 9.41.